The smallest absolute Gasteiger partial charge is 0.462 e. The predicted octanol–water partition coefficient (Wildman–Crippen LogP) is 11.4. The van der Waals surface area contributed by atoms with Crippen molar-refractivity contribution in [3.63, 3.8) is 0 Å². The fourth-order valence-electron chi connectivity index (χ4n) is 5.21. The average Bonchev–Trinajstić information content (AvgIpc) is 3.05. The Bertz CT molecular complexity index is 879. The molecule has 0 unspecified atom stereocenters. The highest BCUT2D eigenvalue weighted by Crippen LogP contribution is 2.36. The van der Waals surface area contributed by atoms with Gasteiger partial charge in [-0.2, -0.15) is 0 Å². The normalized spacial score (nSPS) is 12.8. The summed E-state index contributed by atoms with van der Waals surface area (Å²) in [5, 5.41) is 0. The van der Waals surface area contributed by atoms with Crippen LogP contribution in [0.25, 0.3) is 0 Å². The lowest BCUT2D eigenvalue weighted by molar-refractivity contribution is -0.161. The van der Waals surface area contributed by atoms with Gasteiger partial charge in [-0.05, 0) is 64.2 Å². The highest BCUT2D eigenvalue weighted by atomic mass is 31.2. The summed E-state index contributed by atoms with van der Waals surface area (Å²) in [5.74, 6) is -0.925. The largest absolute Gasteiger partial charge is 0.469 e. The second kappa shape index (κ2) is 35.1. The van der Waals surface area contributed by atoms with E-state index in [-0.39, 0.29) is 19.4 Å². The molecule has 0 radical (unpaired) electrons. The molecule has 0 saturated heterocycles. The Labute approximate surface area is 293 Å². The molecule has 2 N–H and O–H groups in total. The van der Waals surface area contributed by atoms with Crippen LogP contribution in [0.1, 0.15) is 181 Å². The molecule has 0 aromatic carbocycles. The molecule has 0 aromatic rings. The minimum Gasteiger partial charge on any atom is -0.462 e. The Kier molecular flexibility index (Phi) is 33.8. The van der Waals surface area contributed by atoms with Crippen LogP contribution in [-0.4, -0.2) is 41.0 Å². The summed E-state index contributed by atoms with van der Waals surface area (Å²) >= 11 is 0. The van der Waals surface area contributed by atoms with E-state index >= 15 is 0 Å². The third kappa shape index (κ3) is 37.1. The van der Waals surface area contributed by atoms with Gasteiger partial charge in [0.15, 0.2) is 6.10 Å². The van der Waals surface area contributed by atoms with Crippen molar-refractivity contribution < 1.29 is 37.9 Å². The Hall–Kier alpha value is -1.73. The van der Waals surface area contributed by atoms with E-state index in [2.05, 4.69) is 54.8 Å². The highest BCUT2D eigenvalue weighted by Gasteiger charge is 2.22. The zero-order valence-corrected chi connectivity index (χ0v) is 31.5. The van der Waals surface area contributed by atoms with Gasteiger partial charge in [-0.3, -0.25) is 14.1 Å². The van der Waals surface area contributed by atoms with Crippen LogP contribution in [0, 0.1) is 0 Å². The lowest BCUT2D eigenvalue weighted by atomic mass is 10.1. The molecule has 0 fully saturated rings. The Morgan fingerprint density at radius 3 is 1.50 bits per heavy atom. The van der Waals surface area contributed by atoms with Gasteiger partial charge in [0.05, 0.1) is 6.61 Å². The first-order valence-electron chi connectivity index (χ1n) is 19.3. The molecule has 0 aromatic heterocycles. The summed E-state index contributed by atoms with van der Waals surface area (Å²) in [4.78, 5) is 42.7. The first-order chi connectivity index (χ1) is 23.3. The Morgan fingerprint density at radius 2 is 0.958 bits per heavy atom. The minimum atomic E-state index is -4.76. The van der Waals surface area contributed by atoms with Crippen LogP contribution in [0.3, 0.4) is 0 Å². The van der Waals surface area contributed by atoms with Gasteiger partial charge in [-0.1, -0.05) is 140 Å². The SMILES string of the molecule is CCCC/C=C/CCCCCCCCCCCC(=O)O[C@H](COC(=O)CCCC/C=C/C/C=C/CCCCCCCC)COP(=O)(O)O. The summed E-state index contributed by atoms with van der Waals surface area (Å²) in [7, 11) is -4.76. The number of carbonyl (C=O) groups is 2. The van der Waals surface area contributed by atoms with E-state index in [0.29, 0.717) is 12.8 Å². The van der Waals surface area contributed by atoms with Crippen LogP contribution in [0.2, 0.25) is 0 Å². The number of unbranched alkanes of at least 4 members (excludes halogenated alkanes) is 19. The summed E-state index contributed by atoms with van der Waals surface area (Å²) in [6.07, 6.45) is 40.1. The number of allylic oxidation sites excluding steroid dienone is 6. The Balaban J connectivity index is 4.01. The monoisotopic (exact) mass is 698 g/mol. The zero-order valence-electron chi connectivity index (χ0n) is 30.6. The van der Waals surface area contributed by atoms with Crippen molar-refractivity contribution in [1.29, 1.82) is 0 Å². The molecule has 9 heteroatoms. The van der Waals surface area contributed by atoms with Gasteiger partial charge in [0, 0.05) is 12.8 Å². The van der Waals surface area contributed by atoms with Gasteiger partial charge >= 0.3 is 19.8 Å². The average molecular weight is 699 g/mol. The lowest BCUT2D eigenvalue weighted by Gasteiger charge is -2.18. The maximum absolute atomic E-state index is 12.4. The molecule has 280 valence electrons. The molecule has 0 heterocycles. The maximum atomic E-state index is 12.4. The molecule has 0 saturated carbocycles. The molecule has 0 spiro atoms. The summed E-state index contributed by atoms with van der Waals surface area (Å²) in [6.45, 7) is 3.61. The van der Waals surface area contributed by atoms with Crippen molar-refractivity contribution in [2.75, 3.05) is 13.2 Å². The van der Waals surface area contributed by atoms with Gasteiger partial charge < -0.3 is 19.3 Å². The van der Waals surface area contributed by atoms with E-state index in [1.165, 1.54) is 96.3 Å². The molecular formula is C39H71O8P. The molecule has 48 heavy (non-hydrogen) atoms. The number of phosphoric acid groups is 1. The summed E-state index contributed by atoms with van der Waals surface area (Å²) in [5.41, 5.74) is 0. The number of hydrogen-bond acceptors (Lipinski definition) is 6. The van der Waals surface area contributed by atoms with Crippen LogP contribution < -0.4 is 0 Å². The molecule has 1 atom stereocenters. The van der Waals surface area contributed by atoms with Crippen LogP contribution in [0.5, 0.6) is 0 Å². The quantitative estimate of drug-likeness (QED) is 0.0290. The van der Waals surface area contributed by atoms with Gasteiger partial charge in [0.2, 0.25) is 0 Å². The van der Waals surface area contributed by atoms with E-state index < -0.39 is 32.5 Å². The number of rotatable bonds is 35. The van der Waals surface area contributed by atoms with Crippen LogP contribution >= 0.6 is 7.82 Å². The minimum absolute atomic E-state index is 0.203. The van der Waals surface area contributed by atoms with Crippen LogP contribution in [-0.2, 0) is 28.2 Å². The van der Waals surface area contributed by atoms with Crippen molar-refractivity contribution in [3.05, 3.63) is 36.5 Å². The van der Waals surface area contributed by atoms with Crippen molar-refractivity contribution in [3.8, 4) is 0 Å². The fourth-order valence-corrected chi connectivity index (χ4v) is 5.57. The first-order valence-corrected chi connectivity index (χ1v) is 20.8. The second-order valence-electron chi connectivity index (χ2n) is 12.9. The molecule has 0 bridgehead atoms. The molecule has 0 aliphatic heterocycles. The van der Waals surface area contributed by atoms with Crippen molar-refractivity contribution in [2.45, 2.75) is 187 Å². The third-order valence-electron chi connectivity index (χ3n) is 8.13. The van der Waals surface area contributed by atoms with Gasteiger partial charge in [0.1, 0.15) is 6.61 Å². The fraction of sp³-hybridized carbons (Fsp3) is 0.795. The van der Waals surface area contributed by atoms with E-state index in [0.717, 1.165) is 44.9 Å². The lowest BCUT2D eigenvalue weighted by Crippen LogP contribution is -2.29. The number of hydrogen-bond donors (Lipinski definition) is 2. The van der Waals surface area contributed by atoms with Gasteiger partial charge in [-0.25, -0.2) is 4.57 Å². The van der Waals surface area contributed by atoms with Gasteiger partial charge in [0.25, 0.3) is 0 Å². The predicted molar refractivity (Wildman–Crippen MR) is 198 cm³/mol. The topological polar surface area (TPSA) is 119 Å². The zero-order chi connectivity index (χ0) is 35.4. The number of phosphoric ester groups is 1. The highest BCUT2D eigenvalue weighted by molar-refractivity contribution is 7.46. The summed E-state index contributed by atoms with van der Waals surface area (Å²) < 4.78 is 26.3. The van der Waals surface area contributed by atoms with Crippen molar-refractivity contribution in [1.82, 2.24) is 0 Å². The van der Waals surface area contributed by atoms with E-state index in [1.807, 2.05) is 0 Å². The maximum Gasteiger partial charge on any atom is 0.469 e. The van der Waals surface area contributed by atoms with Crippen molar-refractivity contribution >= 4 is 19.8 Å². The number of esters is 2. The molecule has 0 rings (SSSR count). The number of carbonyl (C=O) groups excluding carboxylic acids is 2. The molecule has 0 amide bonds. The second-order valence-corrected chi connectivity index (χ2v) is 14.1. The standard InChI is InChI=1S/C39H71O8P/c1-3-5-7-9-11-13-15-17-19-21-23-25-27-29-31-33-38(40)45-35-37(36-46-48(42,43)44)47-39(41)34-32-30-28-26-24-22-20-18-16-14-12-10-8-6-4-2/h10,12,17,19,23,25,37H,3-9,11,13-16,18,20-22,24,26-36H2,1-2H3,(H2,42,43,44)/b12-10+,19-17+,25-23+/t37-/m1/s1. The van der Waals surface area contributed by atoms with E-state index in [1.54, 1.807) is 0 Å². The van der Waals surface area contributed by atoms with Gasteiger partial charge in [-0.15, -0.1) is 0 Å². The molecular weight excluding hydrogens is 627 g/mol. The van der Waals surface area contributed by atoms with Crippen molar-refractivity contribution in [2.24, 2.45) is 0 Å². The molecule has 0 aliphatic carbocycles. The molecule has 0 aliphatic rings. The summed E-state index contributed by atoms with van der Waals surface area (Å²) in [6, 6.07) is 0. The van der Waals surface area contributed by atoms with E-state index in [9.17, 15) is 14.2 Å². The van der Waals surface area contributed by atoms with Crippen LogP contribution in [0.4, 0.5) is 0 Å². The van der Waals surface area contributed by atoms with Crippen LogP contribution in [0.15, 0.2) is 36.5 Å². The first kappa shape index (κ1) is 46.3. The Morgan fingerprint density at radius 1 is 0.542 bits per heavy atom. The molecule has 8 nitrogen and oxygen atoms in total. The number of ether oxygens (including phenoxy) is 2. The third-order valence-corrected chi connectivity index (χ3v) is 8.62. The van der Waals surface area contributed by atoms with E-state index in [4.69, 9.17) is 19.3 Å².